The van der Waals surface area contributed by atoms with Crippen molar-refractivity contribution in [2.75, 3.05) is 25.0 Å². The Labute approximate surface area is 166 Å². The molecule has 9 heteroatoms. The van der Waals surface area contributed by atoms with Crippen LogP contribution in [0.2, 0.25) is 0 Å². The third-order valence-electron chi connectivity index (χ3n) is 3.91. The van der Waals surface area contributed by atoms with Crippen molar-refractivity contribution < 1.29 is 0 Å². The molecule has 0 saturated carbocycles. The standard InChI is InChI=1S/C16H28N8.HI/c1-6-17-16(23-12(4)11(2)3)19-8-7-18-14-13-9-22-24(5)15(13)21-10-20-14;/h9-12H,6-8H2,1-5H3,(H2,17,19,23)(H,18,20,21);1H. The van der Waals surface area contributed by atoms with Crippen molar-refractivity contribution >= 4 is 46.8 Å². The van der Waals surface area contributed by atoms with Crippen molar-refractivity contribution in [3.8, 4) is 0 Å². The van der Waals surface area contributed by atoms with Crippen LogP contribution in [-0.4, -0.2) is 51.4 Å². The number of halogens is 1. The molecule has 0 fully saturated rings. The Morgan fingerprint density at radius 3 is 2.72 bits per heavy atom. The molecule has 2 rings (SSSR count). The summed E-state index contributed by atoms with van der Waals surface area (Å²) in [5, 5.41) is 15.1. The molecule has 140 valence electrons. The van der Waals surface area contributed by atoms with E-state index in [-0.39, 0.29) is 24.0 Å². The van der Waals surface area contributed by atoms with Crippen molar-refractivity contribution in [3.05, 3.63) is 12.5 Å². The minimum atomic E-state index is 0. The number of nitrogens with zero attached hydrogens (tertiary/aromatic N) is 5. The Morgan fingerprint density at radius 2 is 2.04 bits per heavy atom. The van der Waals surface area contributed by atoms with E-state index in [0.717, 1.165) is 29.4 Å². The van der Waals surface area contributed by atoms with Crippen LogP contribution in [0.3, 0.4) is 0 Å². The van der Waals surface area contributed by atoms with E-state index in [1.807, 2.05) is 7.05 Å². The number of aromatic nitrogens is 4. The van der Waals surface area contributed by atoms with E-state index in [4.69, 9.17) is 0 Å². The van der Waals surface area contributed by atoms with Crippen molar-refractivity contribution in [2.24, 2.45) is 18.0 Å². The summed E-state index contributed by atoms with van der Waals surface area (Å²) in [6.07, 6.45) is 3.32. The van der Waals surface area contributed by atoms with Crippen LogP contribution < -0.4 is 16.0 Å². The summed E-state index contributed by atoms with van der Waals surface area (Å²) in [5.41, 5.74) is 0.816. The highest BCUT2D eigenvalue weighted by molar-refractivity contribution is 14.0. The molecule has 0 bridgehead atoms. The van der Waals surface area contributed by atoms with Gasteiger partial charge in [0.1, 0.15) is 12.1 Å². The molecule has 1 unspecified atom stereocenters. The van der Waals surface area contributed by atoms with Gasteiger partial charge in [0.05, 0.1) is 18.1 Å². The molecule has 2 heterocycles. The second kappa shape index (κ2) is 10.4. The maximum absolute atomic E-state index is 4.60. The van der Waals surface area contributed by atoms with Gasteiger partial charge in [-0.2, -0.15) is 5.10 Å². The lowest BCUT2D eigenvalue weighted by molar-refractivity contribution is 0.481. The van der Waals surface area contributed by atoms with E-state index < -0.39 is 0 Å². The molecular formula is C16H29IN8. The Hall–Kier alpha value is -1.65. The minimum Gasteiger partial charge on any atom is -0.367 e. The lowest BCUT2D eigenvalue weighted by atomic mass is 10.1. The number of anilines is 1. The van der Waals surface area contributed by atoms with Crippen LogP contribution in [0.25, 0.3) is 11.0 Å². The highest BCUT2D eigenvalue weighted by atomic mass is 127. The smallest absolute Gasteiger partial charge is 0.191 e. The number of aryl methyl sites for hydroxylation is 1. The highest BCUT2D eigenvalue weighted by Crippen LogP contribution is 2.17. The van der Waals surface area contributed by atoms with Gasteiger partial charge in [0, 0.05) is 26.2 Å². The number of aliphatic imine (C=N–C) groups is 1. The Kier molecular flexibility index (Phi) is 8.87. The van der Waals surface area contributed by atoms with Crippen LogP contribution in [0.1, 0.15) is 27.7 Å². The number of guanidine groups is 1. The molecule has 0 aromatic carbocycles. The molecule has 2 aromatic heterocycles. The van der Waals surface area contributed by atoms with Gasteiger partial charge >= 0.3 is 0 Å². The first-order valence-corrected chi connectivity index (χ1v) is 8.44. The summed E-state index contributed by atoms with van der Waals surface area (Å²) in [6, 6.07) is 0.368. The summed E-state index contributed by atoms with van der Waals surface area (Å²) in [7, 11) is 1.87. The lowest BCUT2D eigenvalue weighted by Gasteiger charge is -2.20. The van der Waals surface area contributed by atoms with Crippen molar-refractivity contribution in [2.45, 2.75) is 33.7 Å². The number of hydrogen-bond donors (Lipinski definition) is 3. The molecule has 0 aliphatic carbocycles. The number of hydrogen-bond acceptors (Lipinski definition) is 5. The summed E-state index contributed by atoms with van der Waals surface area (Å²) in [5.74, 6) is 2.18. The van der Waals surface area contributed by atoms with E-state index in [0.29, 0.717) is 25.0 Å². The Morgan fingerprint density at radius 1 is 1.28 bits per heavy atom. The van der Waals surface area contributed by atoms with E-state index in [2.05, 4.69) is 63.7 Å². The molecule has 2 aromatic rings. The summed E-state index contributed by atoms with van der Waals surface area (Å²) < 4.78 is 1.74. The number of rotatable bonds is 7. The maximum atomic E-state index is 4.60. The quantitative estimate of drug-likeness (QED) is 0.253. The Bertz CT molecular complexity index is 682. The van der Waals surface area contributed by atoms with Gasteiger partial charge in [-0.05, 0) is 19.8 Å². The van der Waals surface area contributed by atoms with Gasteiger partial charge in [-0.25, -0.2) is 9.97 Å². The minimum absolute atomic E-state index is 0. The van der Waals surface area contributed by atoms with Gasteiger partial charge in [-0.1, -0.05) is 13.8 Å². The van der Waals surface area contributed by atoms with Crippen LogP contribution in [-0.2, 0) is 7.05 Å². The van der Waals surface area contributed by atoms with Gasteiger partial charge in [0.25, 0.3) is 0 Å². The predicted molar refractivity (Wildman–Crippen MR) is 114 cm³/mol. The van der Waals surface area contributed by atoms with E-state index in [1.165, 1.54) is 0 Å². The first-order chi connectivity index (χ1) is 11.5. The molecule has 0 aliphatic rings. The average molecular weight is 460 g/mol. The van der Waals surface area contributed by atoms with Crippen LogP contribution >= 0.6 is 24.0 Å². The summed E-state index contributed by atoms with van der Waals surface area (Å²) >= 11 is 0. The van der Waals surface area contributed by atoms with E-state index >= 15 is 0 Å². The first-order valence-electron chi connectivity index (χ1n) is 8.44. The fourth-order valence-corrected chi connectivity index (χ4v) is 2.15. The second-order valence-electron chi connectivity index (χ2n) is 6.09. The van der Waals surface area contributed by atoms with E-state index in [9.17, 15) is 0 Å². The van der Waals surface area contributed by atoms with Gasteiger partial charge < -0.3 is 16.0 Å². The molecule has 25 heavy (non-hydrogen) atoms. The summed E-state index contributed by atoms with van der Waals surface area (Å²) in [6.45, 7) is 10.8. The molecule has 0 saturated heterocycles. The largest absolute Gasteiger partial charge is 0.367 e. The molecule has 0 amide bonds. The molecular weight excluding hydrogens is 431 g/mol. The monoisotopic (exact) mass is 460 g/mol. The van der Waals surface area contributed by atoms with Gasteiger partial charge in [0.15, 0.2) is 11.6 Å². The van der Waals surface area contributed by atoms with Crippen LogP contribution in [0.4, 0.5) is 5.82 Å². The van der Waals surface area contributed by atoms with Crippen LogP contribution in [0, 0.1) is 5.92 Å². The topological polar surface area (TPSA) is 92.1 Å². The zero-order valence-corrected chi connectivity index (χ0v) is 17.9. The molecule has 0 aliphatic heterocycles. The van der Waals surface area contributed by atoms with Gasteiger partial charge in [-0.3, -0.25) is 9.67 Å². The molecule has 8 nitrogen and oxygen atoms in total. The molecule has 1 atom stereocenters. The third kappa shape index (κ3) is 5.98. The molecule has 3 N–H and O–H groups in total. The first kappa shape index (κ1) is 21.4. The zero-order chi connectivity index (χ0) is 17.5. The lowest BCUT2D eigenvalue weighted by Crippen LogP contribution is -2.44. The maximum Gasteiger partial charge on any atom is 0.191 e. The predicted octanol–water partition coefficient (Wildman–Crippen LogP) is 1.99. The van der Waals surface area contributed by atoms with Crippen LogP contribution in [0.5, 0.6) is 0 Å². The van der Waals surface area contributed by atoms with Gasteiger partial charge in [-0.15, -0.1) is 24.0 Å². The number of nitrogens with one attached hydrogen (secondary N) is 3. The van der Waals surface area contributed by atoms with Crippen molar-refractivity contribution in [3.63, 3.8) is 0 Å². The third-order valence-corrected chi connectivity index (χ3v) is 3.91. The van der Waals surface area contributed by atoms with E-state index in [1.54, 1.807) is 17.2 Å². The van der Waals surface area contributed by atoms with Gasteiger partial charge in [0.2, 0.25) is 0 Å². The number of fused-ring (bicyclic) bond motifs is 1. The average Bonchev–Trinajstić information content (AvgIpc) is 2.93. The molecule has 0 radical (unpaired) electrons. The SMILES string of the molecule is CCNC(=NCCNc1ncnc2c1cnn2C)NC(C)C(C)C.I. The van der Waals surface area contributed by atoms with Crippen molar-refractivity contribution in [1.29, 1.82) is 0 Å². The zero-order valence-electron chi connectivity index (χ0n) is 15.6. The summed E-state index contributed by atoms with van der Waals surface area (Å²) in [4.78, 5) is 13.1. The Balaban J connectivity index is 0.00000312. The highest BCUT2D eigenvalue weighted by Gasteiger charge is 2.09. The van der Waals surface area contributed by atoms with Crippen LogP contribution in [0.15, 0.2) is 17.5 Å². The fourth-order valence-electron chi connectivity index (χ4n) is 2.15. The fraction of sp³-hybridized carbons (Fsp3) is 0.625. The van der Waals surface area contributed by atoms with Crippen molar-refractivity contribution in [1.82, 2.24) is 30.4 Å². The normalized spacial score (nSPS) is 12.8. The second-order valence-corrected chi connectivity index (χ2v) is 6.09. The molecule has 0 spiro atoms.